The molecule has 0 unspecified atom stereocenters. The van der Waals surface area contributed by atoms with Gasteiger partial charge in [0.05, 0.1) is 21.6 Å². The number of rotatable bonds is 16. The Morgan fingerprint density at radius 2 is 1.02 bits per heavy atom. The Hall–Kier alpha value is -5.88. The Kier molecular flexibility index (Phi) is 13.5. The minimum atomic E-state index is -3.76. The first-order valence-corrected chi connectivity index (χ1v) is 22.7. The molecule has 4 N–H and O–H groups in total. The van der Waals surface area contributed by atoms with Crippen molar-refractivity contribution in [1.82, 2.24) is 10.6 Å². The van der Waals surface area contributed by atoms with Gasteiger partial charge >= 0.3 is 11.3 Å². The summed E-state index contributed by atoms with van der Waals surface area (Å²) in [6.07, 6.45) is 0.243. The summed E-state index contributed by atoms with van der Waals surface area (Å²) in [5.74, 6) is -1.11. The average molecular weight is 912 g/mol. The van der Waals surface area contributed by atoms with Gasteiger partial charge in [-0.1, -0.05) is 47.5 Å². The summed E-state index contributed by atoms with van der Waals surface area (Å²) < 4.78 is 72.6. The average Bonchev–Trinajstić information content (AvgIpc) is 3.16. The van der Waals surface area contributed by atoms with Crippen molar-refractivity contribution in [3.05, 3.63) is 137 Å². The molecular weight excluding hydrogens is 872 g/mol. The minimum absolute atomic E-state index is 0.0487. The van der Waals surface area contributed by atoms with E-state index in [-0.39, 0.29) is 82.0 Å². The number of aryl methyl sites for hydroxylation is 2. The predicted molar refractivity (Wildman–Crippen MR) is 235 cm³/mol. The third kappa shape index (κ3) is 11.3. The van der Waals surface area contributed by atoms with E-state index in [9.17, 15) is 36.0 Å². The molecule has 2 heterocycles. The quantitative estimate of drug-likeness (QED) is 0.0763. The highest BCUT2D eigenvalue weighted by atomic mass is 35.5. The van der Waals surface area contributed by atoms with Crippen molar-refractivity contribution < 1.29 is 40.0 Å². The van der Waals surface area contributed by atoms with Crippen molar-refractivity contribution in [2.24, 2.45) is 0 Å². The van der Waals surface area contributed by atoms with Crippen molar-refractivity contribution >= 4 is 88.4 Å². The van der Waals surface area contributed by atoms with Crippen LogP contribution in [0.25, 0.3) is 21.9 Å². The number of benzene rings is 4. The van der Waals surface area contributed by atoms with Gasteiger partial charge in [-0.05, 0) is 72.5 Å². The summed E-state index contributed by atoms with van der Waals surface area (Å²) in [4.78, 5) is 48.9. The van der Waals surface area contributed by atoms with E-state index in [0.717, 1.165) is 0 Å². The first-order chi connectivity index (χ1) is 28.8. The zero-order chi connectivity index (χ0) is 44.2. The van der Waals surface area contributed by atoms with Crippen LogP contribution in [0.15, 0.2) is 91.2 Å². The molecule has 0 radical (unpaired) electrons. The Balaban J connectivity index is 1.21. The molecule has 0 aliphatic carbocycles. The number of anilines is 2. The molecule has 19 heteroatoms. The van der Waals surface area contributed by atoms with Crippen molar-refractivity contribution in [3.8, 4) is 11.5 Å². The Morgan fingerprint density at radius 1 is 0.623 bits per heavy atom. The van der Waals surface area contributed by atoms with Gasteiger partial charge in [0.25, 0.3) is 0 Å². The predicted octanol–water partition coefficient (Wildman–Crippen LogP) is 6.55. The van der Waals surface area contributed by atoms with E-state index in [0.29, 0.717) is 55.5 Å². The molecule has 0 aliphatic heterocycles. The lowest BCUT2D eigenvalue weighted by atomic mass is 9.99. The lowest BCUT2D eigenvalue weighted by molar-refractivity contribution is -0.119. The summed E-state index contributed by atoms with van der Waals surface area (Å²) >= 11 is 13.4. The van der Waals surface area contributed by atoms with Gasteiger partial charge in [-0.3, -0.25) is 19.0 Å². The zero-order valence-electron chi connectivity index (χ0n) is 33.2. The van der Waals surface area contributed by atoms with Crippen LogP contribution in [0.4, 0.5) is 11.4 Å². The fourth-order valence-corrected chi connectivity index (χ4v) is 8.87. The van der Waals surface area contributed by atoms with Crippen LogP contribution in [0.1, 0.15) is 47.2 Å². The van der Waals surface area contributed by atoms with Gasteiger partial charge in [-0.2, -0.15) is 0 Å². The van der Waals surface area contributed by atoms with E-state index in [2.05, 4.69) is 20.1 Å². The number of hydrogen-bond donors (Lipinski definition) is 4. The first kappa shape index (κ1) is 44.7. The van der Waals surface area contributed by atoms with Crippen molar-refractivity contribution in [2.45, 2.75) is 40.5 Å². The maximum Gasteiger partial charge on any atom is 0.340 e. The van der Waals surface area contributed by atoms with E-state index < -0.39 is 31.3 Å². The zero-order valence-corrected chi connectivity index (χ0v) is 36.4. The van der Waals surface area contributed by atoms with Crippen molar-refractivity contribution in [2.75, 3.05) is 34.0 Å². The Labute approximate surface area is 360 Å². The minimum Gasteiger partial charge on any atom is -0.454 e. The molecule has 4 aromatic carbocycles. The van der Waals surface area contributed by atoms with E-state index in [1.165, 1.54) is 26.0 Å². The van der Waals surface area contributed by atoms with Crippen LogP contribution in [0, 0.1) is 13.8 Å². The number of halogens is 2. The number of sulfonamides is 2. The largest absolute Gasteiger partial charge is 0.454 e. The summed E-state index contributed by atoms with van der Waals surface area (Å²) in [5.41, 5.74) is 2.80. The Bertz CT molecular complexity index is 2860. The van der Waals surface area contributed by atoms with E-state index in [4.69, 9.17) is 36.8 Å². The highest BCUT2D eigenvalue weighted by Crippen LogP contribution is 2.39. The van der Waals surface area contributed by atoms with Gasteiger partial charge in [0, 0.05) is 85.2 Å². The van der Waals surface area contributed by atoms with Gasteiger partial charge in [-0.15, -0.1) is 0 Å². The lowest BCUT2D eigenvalue weighted by Crippen LogP contribution is -2.29. The third-order valence-corrected chi connectivity index (χ3v) is 12.7. The molecule has 0 spiro atoms. The Morgan fingerprint density at radius 3 is 1.39 bits per heavy atom. The van der Waals surface area contributed by atoms with E-state index in [1.54, 1.807) is 74.5 Å². The molecule has 2 amide bonds. The first-order valence-electron chi connectivity index (χ1n) is 18.6. The molecule has 15 nitrogen and oxygen atoms in total. The van der Waals surface area contributed by atoms with Crippen molar-refractivity contribution in [3.63, 3.8) is 0 Å². The molecular formula is C42H40Cl2N4O11S2. The summed E-state index contributed by atoms with van der Waals surface area (Å²) in [5, 5.41) is 6.28. The molecule has 6 aromatic rings. The highest BCUT2D eigenvalue weighted by Gasteiger charge is 2.20. The smallest absolute Gasteiger partial charge is 0.340 e. The lowest BCUT2D eigenvalue weighted by Gasteiger charge is -2.14. The summed E-state index contributed by atoms with van der Waals surface area (Å²) in [6.45, 7) is 5.99. The van der Waals surface area contributed by atoms with Gasteiger partial charge in [-0.25, -0.2) is 26.4 Å². The normalized spacial score (nSPS) is 11.7. The van der Waals surface area contributed by atoms with E-state index in [1.807, 2.05) is 0 Å². The monoisotopic (exact) mass is 910 g/mol. The fourth-order valence-electron chi connectivity index (χ4n) is 6.54. The van der Waals surface area contributed by atoms with Crippen LogP contribution in [-0.4, -0.2) is 53.2 Å². The van der Waals surface area contributed by atoms with Gasteiger partial charge in [0.15, 0.2) is 0 Å². The number of nitrogens with one attached hydrogen (secondary N) is 4. The van der Waals surface area contributed by atoms with Gasteiger partial charge < -0.3 is 24.2 Å². The summed E-state index contributed by atoms with van der Waals surface area (Å²) in [6, 6.07) is 19.2. The van der Waals surface area contributed by atoms with Gasteiger partial charge in [0.1, 0.15) is 22.7 Å². The molecule has 61 heavy (non-hydrogen) atoms. The number of ether oxygens (including phenoxy) is 1. The molecule has 6 rings (SSSR count). The highest BCUT2D eigenvalue weighted by molar-refractivity contribution is 7.93. The molecule has 2 aromatic heterocycles. The maximum absolute atomic E-state index is 13.3. The molecule has 0 bridgehead atoms. The second kappa shape index (κ2) is 18.4. The second-order valence-electron chi connectivity index (χ2n) is 14.2. The molecule has 0 aliphatic rings. The van der Waals surface area contributed by atoms with Crippen LogP contribution in [0.3, 0.4) is 0 Å². The van der Waals surface area contributed by atoms with Crippen LogP contribution in [-0.2, 0) is 42.5 Å². The third-order valence-electron chi connectivity index (χ3n) is 9.55. The maximum atomic E-state index is 13.3. The fraction of sp³-hybridized carbons (Fsp3) is 0.238. The molecule has 0 fully saturated rings. The second-order valence-corrected chi connectivity index (χ2v) is 18.7. The molecule has 0 saturated heterocycles. The van der Waals surface area contributed by atoms with Gasteiger partial charge in [0.2, 0.25) is 31.9 Å². The van der Waals surface area contributed by atoms with Crippen LogP contribution in [0.5, 0.6) is 11.5 Å². The number of carbonyl (C=O) groups is 2. The SMILES string of the molecule is CC(=O)NCCS(=O)(=O)Nc1cccc(Cc2c(C)c3cc(Cl)c(Oc4cc5oc(=O)c(Cc6cccc(NS(=O)(=O)CCNC(C)=O)c6)c(C)c5cc4Cl)cc3oc2=O)c1. The number of hydrogen-bond acceptors (Lipinski definition) is 11. The molecule has 320 valence electrons. The number of fused-ring (bicyclic) bond motifs is 2. The topological polar surface area (TPSA) is 220 Å². The molecule has 0 saturated carbocycles. The number of carbonyl (C=O) groups excluding carboxylic acids is 2. The van der Waals surface area contributed by atoms with Crippen LogP contribution in [0.2, 0.25) is 10.0 Å². The molecule has 0 atom stereocenters. The number of amides is 2. The van der Waals surface area contributed by atoms with Crippen LogP contribution >= 0.6 is 23.2 Å². The van der Waals surface area contributed by atoms with E-state index >= 15 is 0 Å². The standard InChI is InChI=1S/C42H40Cl2N4O11S2/c1-23-31-19-35(43)39(21-37(31)58-41(51)33(23)17-27-7-5-9-29(15-27)47-60(53,54)13-11-45-25(3)49)57-40-22-38-32(20-36(40)44)24(2)34(42(52)59-38)18-28-8-6-10-30(16-28)48-61(55,56)14-12-46-26(4)50/h5-10,15-16,19-22,47-48H,11-14,17-18H2,1-4H3,(H,45,49)(H,46,50). The summed E-state index contributed by atoms with van der Waals surface area (Å²) in [7, 11) is -7.52. The van der Waals surface area contributed by atoms with Crippen LogP contribution < -0.4 is 36.1 Å². The van der Waals surface area contributed by atoms with Crippen molar-refractivity contribution in [1.29, 1.82) is 0 Å².